The molecule has 1 aromatic rings. The van der Waals surface area contributed by atoms with Crippen molar-refractivity contribution in [2.45, 2.75) is 19.9 Å². The van der Waals surface area contributed by atoms with Gasteiger partial charge in [-0.05, 0) is 26.0 Å². The second-order valence-corrected chi connectivity index (χ2v) is 6.45. The molecule has 0 aromatic heterocycles. The molecule has 9 heteroatoms. The lowest BCUT2D eigenvalue weighted by atomic mass is 10.3. The number of halogens is 2. The molecule has 0 aliphatic carbocycles. The van der Waals surface area contributed by atoms with Crippen molar-refractivity contribution >= 4 is 46.7 Å². The standard InChI is InChI=1S/C15H20Cl2N4O3/c1-9(2)18-15(24)20-13(23)8-21(3)7-12(22)19-14-10(16)5-4-6-11(14)17/h4-6,9H,7-8H2,1-3H3,(H,19,22)(H2,18,20,23,24)/p+1. The average molecular weight is 376 g/mol. The first-order valence-electron chi connectivity index (χ1n) is 7.34. The minimum absolute atomic E-state index is 0.0147. The first-order valence-corrected chi connectivity index (χ1v) is 8.10. The number of likely N-dealkylation sites (N-methyl/N-ethyl adjacent to an activating group) is 1. The van der Waals surface area contributed by atoms with E-state index in [4.69, 9.17) is 23.2 Å². The largest absolute Gasteiger partial charge is 0.336 e. The van der Waals surface area contributed by atoms with Crippen molar-refractivity contribution in [3.8, 4) is 0 Å². The van der Waals surface area contributed by atoms with Gasteiger partial charge in [0.15, 0.2) is 13.1 Å². The summed E-state index contributed by atoms with van der Waals surface area (Å²) in [6.45, 7) is 3.55. The zero-order chi connectivity index (χ0) is 18.3. The molecule has 4 amide bonds. The van der Waals surface area contributed by atoms with Gasteiger partial charge in [-0.1, -0.05) is 29.3 Å². The molecule has 0 saturated heterocycles. The van der Waals surface area contributed by atoms with Crippen molar-refractivity contribution in [3.63, 3.8) is 0 Å². The first kappa shape index (κ1) is 20.2. The number of amides is 4. The summed E-state index contributed by atoms with van der Waals surface area (Å²) >= 11 is 12.0. The maximum Gasteiger partial charge on any atom is 0.321 e. The van der Waals surface area contributed by atoms with Gasteiger partial charge in [0.1, 0.15) is 0 Å². The number of carbonyl (C=O) groups is 3. The predicted molar refractivity (Wildman–Crippen MR) is 93.5 cm³/mol. The van der Waals surface area contributed by atoms with Crippen LogP contribution in [0.15, 0.2) is 18.2 Å². The Morgan fingerprint density at radius 1 is 1.08 bits per heavy atom. The van der Waals surface area contributed by atoms with Crippen LogP contribution >= 0.6 is 23.2 Å². The highest BCUT2D eigenvalue weighted by molar-refractivity contribution is 6.39. The highest BCUT2D eigenvalue weighted by Crippen LogP contribution is 2.29. The summed E-state index contributed by atoms with van der Waals surface area (Å²) in [5.41, 5.74) is 0.333. The smallest absolute Gasteiger partial charge is 0.321 e. The zero-order valence-corrected chi connectivity index (χ0v) is 15.2. The lowest BCUT2D eigenvalue weighted by Gasteiger charge is -2.15. The Labute approximate surface area is 150 Å². The summed E-state index contributed by atoms with van der Waals surface area (Å²) in [6, 6.07) is 4.26. The molecule has 1 unspecified atom stereocenters. The van der Waals surface area contributed by atoms with Gasteiger partial charge in [0.2, 0.25) is 0 Å². The summed E-state index contributed by atoms with van der Waals surface area (Å²) < 4.78 is 0. The average Bonchev–Trinajstić information content (AvgIpc) is 2.41. The molecule has 0 aliphatic heterocycles. The molecule has 4 N–H and O–H groups in total. The Balaban J connectivity index is 2.47. The van der Waals surface area contributed by atoms with E-state index in [1.807, 2.05) is 0 Å². The van der Waals surface area contributed by atoms with Crippen LogP contribution in [0.3, 0.4) is 0 Å². The number of hydrogen-bond acceptors (Lipinski definition) is 3. The van der Waals surface area contributed by atoms with Crippen LogP contribution in [0.1, 0.15) is 13.8 Å². The summed E-state index contributed by atoms with van der Waals surface area (Å²) in [4.78, 5) is 35.8. The third kappa shape index (κ3) is 7.16. The Kier molecular flexibility index (Phi) is 7.97. The van der Waals surface area contributed by atoms with Crippen LogP contribution < -0.4 is 20.9 Å². The number of nitrogens with one attached hydrogen (secondary N) is 4. The van der Waals surface area contributed by atoms with E-state index in [1.165, 1.54) is 0 Å². The van der Waals surface area contributed by atoms with Gasteiger partial charge < -0.3 is 15.5 Å². The monoisotopic (exact) mass is 375 g/mol. The minimum atomic E-state index is -0.560. The van der Waals surface area contributed by atoms with Gasteiger partial charge in [-0.25, -0.2) is 4.79 Å². The van der Waals surface area contributed by atoms with E-state index in [0.717, 1.165) is 0 Å². The number of rotatable bonds is 6. The third-order valence-corrected chi connectivity index (χ3v) is 3.45. The summed E-state index contributed by atoms with van der Waals surface area (Å²) in [5, 5.41) is 8.02. The summed E-state index contributed by atoms with van der Waals surface area (Å²) in [6.07, 6.45) is 0. The quantitative estimate of drug-likeness (QED) is 0.589. The van der Waals surface area contributed by atoms with Crippen molar-refractivity contribution in [3.05, 3.63) is 28.2 Å². The van der Waals surface area contributed by atoms with Gasteiger partial charge in [-0.2, -0.15) is 0 Å². The van der Waals surface area contributed by atoms with Gasteiger partial charge in [0.25, 0.3) is 11.8 Å². The molecule has 7 nitrogen and oxygen atoms in total. The molecular formula is C15H21Cl2N4O3+. The molecule has 0 bridgehead atoms. The molecule has 0 heterocycles. The fourth-order valence-electron chi connectivity index (χ4n) is 1.88. The van der Waals surface area contributed by atoms with Crippen molar-refractivity contribution in [1.82, 2.24) is 10.6 Å². The highest BCUT2D eigenvalue weighted by atomic mass is 35.5. The maximum absolute atomic E-state index is 12.0. The second-order valence-electron chi connectivity index (χ2n) is 5.63. The molecule has 0 spiro atoms. The minimum Gasteiger partial charge on any atom is -0.336 e. The van der Waals surface area contributed by atoms with Crippen LogP contribution in [-0.2, 0) is 9.59 Å². The van der Waals surface area contributed by atoms with Crippen LogP contribution in [0.25, 0.3) is 0 Å². The lowest BCUT2D eigenvalue weighted by Crippen LogP contribution is -3.11. The molecule has 1 aromatic carbocycles. The van der Waals surface area contributed by atoms with Crippen molar-refractivity contribution in [2.75, 3.05) is 25.5 Å². The molecular weight excluding hydrogens is 355 g/mol. The summed E-state index contributed by atoms with van der Waals surface area (Å²) in [7, 11) is 1.66. The Morgan fingerprint density at radius 2 is 1.62 bits per heavy atom. The molecule has 0 aliphatic rings. The number of quaternary nitrogens is 1. The second kappa shape index (κ2) is 9.46. The van der Waals surface area contributed by atoms with E-state index in [2.05, 4.69) is 16.0 Å². The van der Waals surface area contributed by atoms with Crippen LogP contribution in [0, 0.1) is 0 Å². The van der Waals surface area contributed by atoms with Gasteiger partial charge in [0, 0.05) is 6.04 Å². The van der Waals surface area contributed by atoms with Crippen LogP contribution in [0.5, 0.6) is 0 Å². The third-order valence-electron chi connectivity index (χ3n) is 2.82. The van der Waals surface area contributed by atoms with E-state index in [9.17, 15) is 14.4 Å². The van der Waals surface area contributed by atoms with Gasteiger partial charge in [-0.15, -0.1) is 0 Å². The Bertz CT molecular complexity index is 602. The van der Waals surface area contributed by atoms with Crippen LogP contribution in [-0.4, -0.2) is 44.0 Å². The normalized spacial score (nSPS) is 11.8. The first-order chi connectivity index (χ1) is 11.2. The number of anilines is 1. The number of carbonyl (C=O) groups excluding carboxylic acids is 3. The van der Waals surface area contributed by atoms with Gasteiger partial charge in [0.05, 0.1) is 22.8 Å². The van der Waals surface area contributed by atoms with Gasteiger partial charge >= 0.3 is 6.03 Å². The van der Waals surface area contributed by atoms with Crippen molar-refractivity contribution in [1.29, 1.82) is 0 Å². The van der Waals surface area contributed by atoms with Crippen molar-refractivity contribution in [2.24, 2.45) is 0 Å². The summed E-state index contributed by atoms with van der Waals surface area (Å²) in [5.74, 6) is -0.823. The molecule has 24 heavy (non-hydrogen) atoms. The molecule has 0 radical (unpaired) electrons. The Hall–Kier alpha value is -1.83. The molecule has 0 fully saturated rings. The van der Waals surface area contributed by atoms with Crippen LogP contribution in [0.2, 0.25) is 10.0 Å². The topological polar surface area (TPSA) is 91.7 Å². The van der Waals surface area contributed by atoms with E-state index >= 15 is 0 Å². The SMILES string of the molecule is CC(C)NC(=O)NC(=O)C[NH+](C)CC(=O)Nc1c(Cl)cccc1Cl. The van der Waals surface area contributed by atoms with E-state index < -0.39 is 11.9 Å². The zero-order valence-electron chi connectivity index (χ0n) is 13.7. The highest BCUT2D eigenvalue weighted by Gasteiger charge is 2.17. The van der Waals surface area contributed by atoms with Gasteiger partial charge in [-0.3, -0.25) is 14.9 Å². The van der Waals surface area contributed by atoms with E-state index in [1.54, 1.807) is 39.1 Å². The van der Waals surface area contributed by atoms with Crippen molar-refractivity contribution < 1.29 is 19.3 Å². The molecule has 1 atom stereocenters. The number of imide groups is 1. The predicted octanol–water partition coefficient (Wildman–Crippen LogP) is 0.681. The lowest BCUT2D eigenvalue weighted by molar-refractivity contribution is -0.862. The van der Waals surface area contributed by atoms with E-state index in [-0.39, 0.29) is 25.0 Å². The maximum atomic E-state index is 12.0. The number of hydrogen-bond donors (Lipinski definition) is 4. The Morgan fingerprint density at radius 3 is 2.17 bits per heavy atom. The van der Waals surface area contributed by atoms with Crippen LogP contribution in [0.4, 0.5) is 10.5 Å². The molecule has 132 valence electrons. The number of para-hydroxylation sites is 1. The number of benzene rings is 1. The fraction of sp³-hybridized carbons (Fsp3) is 0.400. The molecule has 0 saturated carbocycles. The van der Waals surface area contributed by atoms with E-state index in [0.29, 0.717) is 20.6 Å². The number of urea groups is 1. The fourth-order valence-corrected chi connectivity index (χ4v) is 2.37. The molecule has 1 rings (SSSR count).